The number of phenolic OH excluding ortho intramolecular Hbond substituents is 1. The second kappa shape index (κ2) is 4.86. The highest BCUT2D eigenvalue weighted by Crippen LogP contribution is 2.49. The van der Waals surface area contributed by atoms with Crippen molar-refractivity contribution in [1.82, 2.24) is 0 Å². The highest BCUT2D eigenvalue weighted by atomic mass is 19.4. The third kappa shape index (κ3) is 2.33. The number of rotatable bonds is 2. The lowest BCUT2D eigenvalue weighted by Crippen LogP contribution is -2.41. The van der Waals surface area contributed by atoms with Crippen LogP contribution in [0.5, 0.6) is 5.75 Å². The third-order valence-electron chi connectivity index (χ3n) is 3.59. The quantitative estimate of drug-likeness (QED) is 0.775. The highest BCUT2D eigenvalue weighted by Gasteiger charge is 2.64. The van der Waals surface area contributed by atoms with E-state index in [9.17, 15) is 31.4 Å². The fourth-order valence-corrected chi connectivity index (χ4v) is 2.03. The maximum atomic E-state index is 13.9. The van der Waals surface area contributed by atoms with E-state index in [2.05, 4.69) is 0 Å². The van der Waals surface area contributed by atoms with E-state index in [-0.39, 0.29) is 28.0 Å². The number of aromatic hydroxyl groups is 1. The van der Waals surface area contributed by atoms with Crippen LogP contribution in [0.1, 0.15) is 34.0 Å². The Morgan fingerprint density at radius 2 is 1.15 bits per heavy atom. The number of benzene rings is 1. The second-order valence-corrected chi connectivity index (χ2v) is 4.75. The summed E-state index contributed by atoms with van der Waals surface area (Å²) in [5.74, 6) is -5.72. The number of hydrogen-bond acceptors (Lipinski definition) is 1. The molecule has 0 amide bonds. The summed E-state index contributed by atoms with van der Waals surface area (Å²) < 4.78 is 77.0. The Kier molecular flexibility index (Phi) is 4.04. The smallest absolute Gasteiger partial charge is 0.456 e. The Morgan fingerprint density at radius 1 is 0.800 bits per heavy atom. The first-order chi connectivity index (χ1) is 8.84. The Bertz CT molecular complexity index is 504. The van der Waals surface area contributed by atoms with Gasteiger partial charge < -0.3 is 5.11 Å². The lowest BCUT2D eigenvalue weighted by Gasteiger charge is -2.27. The molecule has 0 aliphatic carbocycles. The molecule has 1 aromatic carbocycles. The van der Waals surface area contributed by atoms with Crippen LogP contribution in [0.15, 0.2) is 0 Å². The predicted molar refractivity (Wildman–Crippen MR) is 61.9 cm³/mol. The number of halogens is 6. The fourth-order valence-electron chi connectivity index (χ4n) is 2.03. The van der Waals surface area contributed by atoms with Crippen LogP contribution < -0.4 is 0 Å². The molecule has 114 valence electrons. The zero-order chi connectivity index (χ0) is 16.0. The van der Waals surface area contributed by atoms with Crippen LogP contribution in [-0.4, -0.2) is 17.2 Å². The maximum Gasteiger partial charge on any atom is 0.456 e. The van der Waals surface area contributed by atoms with Crippen LogP contribution in [0.3, 0.4) is 0 Å². The van der Waals surface area contributed by atoms with E-state index >= 15 is 0 Å². The molecule has 1 unspecified atom stereocenters. The first kappa shape index (κ1) is 16.7. The Labute approximate surface area is 112 Å². The molecule has 7 heteroatoms. The van der Waals surface area contributed by atoms with Gasteiger partial charge in [-0.3, -0.25) is 0 Å². The molecule has 0 fully saturated rings. The molecule has 1 atom stereocenters. The first-order valence-electron chi connectivity index (χ1n) is 5.71. The summed E-state index contributed by atoms with van der Waals surface area (Å²) in [7, 11) is 0. The summed E-state index contributed by atoms with van der Waals surface area (Å²) in [6.45, 7) is 5.07. The van der Waals surface area contributed by atoms with Gasteiger partial charge in [0, 0.05) is 0 Å². The van der Waals surface area contributed by atoms with Crippen molar-refractivity contribution in [3.8, 4) is 5.75 Å². The van der Waals surface area contributed by atoms with Gasteiger partial charge in [-0.15, -0.1) is 0 Å². The van der Waals surface area contributed by atoms with Gasteiger partial charge in [-0.25, -0.2) is 4.39 Å². The molecule has 0 heterocycles. The van der Waals surface area contributed by atoms with E-state index in [1.54, 1.807) is 0 Å². The van der Waals surface area contributed by atoms with E-state index in [1.807, 2.05) is 0 Å². The maximum absolute atomic E-state index is 13.9. The van der Waals surface area contributed by atoms with Gasteiger partial charge in [-0.1, -0.05) is 0 Å². The molecule has 0 aromatic heterocycles. The fraction of sp³-hybridized carbons (Fsp3) is 0.538. The Balaban J connectivity index is 3.57. The summed E-state index contributed by atoms with van der Waals surface area (Å²) in [5.41, 5.74) is -0.767. The lowest BCUT2D eigenvalue weighted by atomic mass is 9.88. The molecule has 0 saturated carbocycles. The van der Waals surface area contributed by atoms with Crippen LogP contribution in [-0.2, 0) is 0 Å². The van der Waals surface area contributed by atoms with E-state index < -0.39 is 23.8 Å². The number of hydrogen-bond donors (Lipinski definition) is 1. The van der Waals surface area contributed by atoms with Gasteiger partial charge in [0.2, 0.25) is 0 Å². The normalized spacial score (nSPS) is 14.5. The molecule has 20 heavy (non-hydrogen) atoms. The third-order valence-corrected chi connectivity index (χ3v) is 3.59. The SMILES string of the molecule is Cc1c(C)c(C(F)C(F)(F)C(F)(F)F)c(C)c(C)c1O. The van der Waals surface area contributed by atoms with Crippen molar-refractivity contribution in [2.24, 2.45) is 0 Å². The average molecular weight is 300 g/mol. The Hall–Kier alpha value is -1.40. The molecule has 1 N–H and O–H groups in total. The van der Waals surface area contributed by atoms with Crippen molar-refractivity contribution in [3.63, 3.8) is 0 Å². The molecule has 0 saturated heterocycles. The summed E-state index contributed by atoms with van der Waals surface area (Å²) in [6.07, 6.45) is -9.49. The lowest BCUT2D eigenvalue weighted by molar-refractivity contribution is -0.305. The summed E-state index contributed by atoms with van der Waals surface area (Å²) in [6, 6.07) is 0. The largest absolute Gasteiger partial charge is 0.507 e. The van der Waals surface area contributed by atoms with Crippen molar-refractivity contribution < 1.29 is 31.4 Å². The van der Waals surface area contributed by atoms with Gasteiger partial charge in [0.15, 0.2) is 6.17 Å². The molecule has 0 spiro atoms. The van der Waals surface area contributed by atoms with Crippen LogP contribution >= 0.6 is 0 Å². The standard InChI is InChI=1S/C13H14F6O/c1-5-7(3)10(20)8(4)6(2)9(5)11(14)12(15,16)13(17,18)19/h11,20H,1-4H3. The van der Waals surface area contributed by atoms with Crippen molar-refractivity contribution >= 4 is 0 Å². The van der Waals surface area contributed by atoms with Crippen molar-refractivity contribution in [2.45, 2.75) is 46.0 Å². The molecule has 1 nitrogen and oxygen atoms in total. The van der Waals surface area contributed by atoms with E-state index in [1.165, 1.54) is 27.7 Å². The molecule has 0 aliphatic heterocycles. The van der Waals surface area contributed by atoms with Gasteiger partial charge in [0.25, 0.3) is 0 Å². The van der Waals surface area contributed by atoms with Crippen LogP contribution in [0.4, 0.5) is 26.3 Å². The van der Waals surface area contributed by atoms with Gasteiger partial charge in [-0.05, 0) is 55.5 Å². The van der Waals surface area contributed by atoms with Gasteiger partial charge >= 0.3 is 12.1 Å². The molecular formula is C13H14F6O. The van der Waals surface area contributed by atoms with Crippen LogP contribution in [0.2, 0.25) is 0 Å². The molecule has 0 bridgehead atoms. The van der Waals surface area contributed by atoms with E-state index in [0.717, 1.165) is 0 Å². The highest BCUT2D eigenvalue weighted by molar-refractivity contribution is 5.54. The van der Waals surface area contributed by atoms with Crippen LogP contribution in [0, 0.1) is 27.7 Å². The van der Waals surface area contributed by atoms with Gasteiger partial charge in [0.05, 0.1) is 0 Å². The minimum Gasteiger partial charge on any atom is -0.507 e. The zero-order valence-electron chi connectivity index (χ0n) is 11.3. The summed E-state index contributed by atoms with van der Waals surface area (Å²) >= 11 is 0. The number of alkyl halides is 6. The van der Waals surface area contributed by atoms with Crippen molar-refractivity contribution in [1.29, 1.82) is 0 Å². The summed E-state index contributed by atoms with van der Waals surface area (Å²) in [4.78, 5) is 0. The number of phenols is 1. The second-order valence-electron chi connectivity index (χ2n) is 4.75. The topological polar surface area (TPSA) is 20.2 Å². The monoisotopic (exact) mass is 300 g/mol. The minimum absolute atomic E-state index is 0.0868. The molecule has 1 rings (SSSR count). The zero-order valence-corrected chi connectivity index (χ0v) is 11.3. The molecule has 1 aromatic rings. The minimum atomic E-state index is -5.98. The Morgan fingerprint density at radius 3 is 1.45 bits per heavy atom. The van der Waals surface area contributed by atoms with Gasteiger partial charge in [-0.2, -0.15) is 22.0 Å². The van der Waals surface area contributed by atoms with Gasteiger partial charge in [0.1, 0.15) is 5.75 Å². The van der Waals surface area contributed by atoms with Crippen molar-refractivity contribution in [3.05, 3.63) is 27.8 Å². The van der Waals surface area contributed by atoms with E-state index in [4.69, 9.17) is 0 Å². The summed E-state index contributed by atoms with van der Waals surface area (Å²) in [5, 5.41) is 9.70. The molecule has 0 radical (unpaired) electrons. The average Bonchev–Trinajstić information content (AvgIpc) is 2.32. The van der Waals surface area contributed by atoms with Crippen molar-refractivity contribution in [2.75, 3.05) is 0 Å². The first-order valence-corrected chi connectivity index (χ1v) is 5.71. The van der Waals surface area contributed by atoms with Crippen LogP contribution in [0.25, 0.3) is 0 Å². The molecule has 0 aliphatic rings. The molecular weight excluding hydrogens is 286 g/mol. The predicted octanol–water partition coefficient (Wildman–Crippen LogP) is 4.83. The van der Waals surface area contributed by atoms with E-state index in [0.29, 0.717) is 0 Å².